The van der Waals surface area contributed by atoms with Gasteiger partial charge in [-0.3, -0.25) is 19.6 Å². The van der Waals surface area contributed by atoms with Gasteiger partial charge in [-0.25, -0.2) is 4.68 Å². The van der Waals surface area contributed by atoms with Crippen molar-refractivity contribution in [3.8, 4) is 5.69 Å². The van der Waals surface area contributed by atoms with E-state index >= 15 is 0 Å². The number of hydrogen-bond acceptors (Lipinski definition) is 6. The molecule has 0 saturated carbocycles. The summed E-state index contributed by atoms with van der Waals surface area (Å²) < 4.78 is 1.68. The van der Waals surface area contributed by atoms with Crippen molar-refractivity contribution in [2.75, 3.05) is 0 Å². The number of ketones is 1. The molecule has 0 aliphatic carbocycles. The lowest BCUT2D eigenvalue weighted by atomic mass is 9.96. The minimum atomic E-state index is -0.775. The van der Waals surface area contributed by atoms with Gasteiger partial charge in [-0.15, -0.1) is 0 Å². The average molecular weight is 451 g/mol. The van der Waals surface area contributed by atoms with E-state index in [0.29, 0.717) is 16.8 Å². The molecule has 0 unspecified atom stereocenters. The van der Waals surface area contributed by atoms with Crippen LogP contribution in [-0.4, -0.2) is 41.4 Å². The molecular formula is C26H21N5O3. The van der Waals surface area contributed by atoms with Crippen LogP contribution in [-0.2, 0) is 16.1 Å². The molecule has 1 aliphatic heterocycles. The van der Waals surface area contributed by atoms with E-state index in [-0.39, 0.29) is 17.9 Å². The Hall–Kier alpha value is -4.59. The number of benzene rings is 1. The van der Waals surface area contributed by atoms with Gasteiger partial charge in [0.25, 0.3) is 11.7 Å². The third-order valence-corrected chi connectivity index (χ3v) is 5.90. The number of aromatic nitrogens is 4. The van der Waals surface area contributed by atoms with Crippen LogP contribution >= 0.6 is 0 Å². The van der Waals surface area contributed by atoms with Crippen LogP contribution < -0.4 is 0 Å². The first-order valence-electron chi connectivity index (χ1n) is 10.7. The zero-order valence-electron chi connectivity index (χ0n) is 18.4. The normalized spacial score (nSPS) is 17.3. The van der Waals surface area contributed by atoms with E-state index in [1.807, 2.05) is 43.3 Å². The molecule has 168 valence electrons. The van der Waals surface area contributed by atoms with Crippen LogP contribution in [0.5, 0.6) is 0 Å². The highest BCUT2D eigenvalue weighted by atomic mass is 16.3. The number of carbonyl (C=O) groups is 2. The van der Waals surface area contributed by atoms with E-state index in [2.05, 4.69) is 15.1 Å². The number of amides is 1. The van der Waals surface area contributed by atoms with Crippen LogP contribution in [0.1, 0.15) is 28.4 Å². The Morgan fingerprint density at radius 1 is 0.941 bits per heavy atom. The SMILES string of the molecule is Cc1c(C(O)=C2C(=O)C(=O)N(Cc3cccnc3)[C@@H]2c2ccncc2)cnn1-c1ccccc1. The minimum absolute atomic E-state index is 0.0239. The van der Waals surface area contributed by atoms with Gasteiger partial charge in [0, 0.05) is 31.3 Å². The monoisotopic (exact) mass is 451 g/mol. The van der Waals surface area contributed by atoms with E-state index in [4.69, 9.17) is 0 Å². The lowest BCUT2D eigenvalue weighted by molar-refractivity contribution is -0.140. The van der Waals surface area contributed by atoms with Crippen molar-refractivity contribution in [2.45, 2.75) is 19.5 Å². The van der Waals surface area contributed by atoms with E-state index in [0.717, 1.165) is 11.3 Å². The predicted molar refractivity (Wildman–Crippen MR) is 125 cm³/mol. The maximum absolute atomic E-state index is 13.2. The number of hydrogen-bond donors (Lipinski definition) is 1. The van der Waals surface area contributed by atoms with Gasteiger partial charge in [-0.1, -0.05) is 24.3 Å². The van der Waals surface area contributed by atoms with Gasteiger partial charge in [0.2, 0.25) is 0 Å². The maximum Gasteiger partial charge on any atom is 0.295 e. The Morgan fingerprint density at radius 2 is 1.71 bits per heavy atom. The highest BCUT2D eigenvalue weighted by Crippen LogP contribution is 2.40. The molecule has 0 spiro atoms. The largest absolute Gasteiger partial charge is 0.507 e. The van der Waals surface area contributed by atoms with Crippen LogP contribution in [0, 0.1) is 6.92 Å². The lowest BCUT2D eigenvalue weighted by Gasteiger charge is -2.25. The molecule has 4 heterocycles. The number of aliphatic hydroxyl groups is 1. The highest BCUT2D eigenvalue weighted by Gasteiger charge is 2.46. The molecule has 1 saturated heterocycles. The van der Waals surface area contributed by atoms with Gasteiger partial charge in [0.15, 0.2) is 0 Å². The van der Waals surface area contributed by atoms with Crippen LogP contribution in [0.4, 0.5) is 0 Å². The first-order chi connectivity index (χ1) is 16.6. The van der Waals surface area contributed by atoms with Crippen molar-refractivity contribution in [2.24, 2.45) is 0 Å². The van der Waals surface area contributed by atoms with Gasteiger partial charge >= 0.3 is 0 Å². The topological polar surface area (TPSA) is 101 Å². The molecule has 1 amide bonds. The summed E-state index contributed by atoms with van der Waals surface area (Å²) in [5.41, 5.74) is 3.33. The molecule has 1 aromatic carbocycles. The fourth-order valence-electron chi connectivity index (χ4n) is 4.24. The molecule has 8 heteroatoms. The van der Waals surface area contributed by atoms with Gasteiger partial charge in [-0.2, -0.15) is 5.10 Å². The Labute approximate surface area is 195 Å². The molecule has 4 aromatic rings. The summed E-state index contributed by atoms with van der Waals surface area (Å²) in [4.78, 5) is 36.0. The molecule has 1 N–H and O–H groups in total. The van der Waals surface area contributed by atoms with Crippen LogP contribution in [0.15, 0.2) is 91.2 Å². The predicted octanol–water partition coefficient (Wildman–Crippen LogP) is 3.59. The second-order valence-electron chi connectivity index (χ2n) is 7.96. The zero-order chi connectivity index (χ0) is 23.7. The molecule has 8 nitrogen and oxygen atoms in total. The molecule has 3 aromatic heterocycles. The summed E-state index contributed by atoms with van der Waals surface area (Å²) in [5, 5.41) is 15.8. The molecule has 0 bridgehead atoms. The van der Waals surface area contributed by atoms with E-state index in [1.54, 1.807) is 47.7 Å². The summed E-state index contributed by atoms with van der Waals surface area (Å²) in [6.07, 6.45) is 7.99. The van der Waals surface area contributed by atoms with Crippen LogP contribution in [0.25, 0.3) is 11.4 Å². The van der Waals surface area contributed by atoms with Gasteiger partial charge in [-0.05, 0) is 48.4 Å². The number of pyridine rings is 2. The van der Waals surface area contributed by atoms with Crippen molar-refractivity contribution < 1.29 is 14.7 Å². The molecule has 1 fully saturated rings. The van der Waals surface area contributed by atoms with Crippen molar-refractivity contribution in [1.82, 2.24) is 24.6 Å². The number of likely N-dealkylation sites (tertiary alicyclic amines) is 1. The third kappa shape index (κ3) is 3.65. The highest BCUT2D eigenvalue weighted by molar-refractivity contribution is 6.46. The summed E-state index contributed by atoms with van der Waals surface area (Å²) in [7, 11) is 0. The molecule has 1 atom stereocenters. The van der Waals surface area contributed by atoms with Gasteiger partial charge in [0.05, 0.1) is 34.8 Å². The maximum atomic E-state index is 13.2. The molecule has 0 radical (unpaired) electrons. The lowest BCUT2D eigenvalue weighted by Crippen LogP contribution is -2.29. The molecule has 34 heavy (non-hydrogen) atoms. The van der Waals surface area contributed by atoms with E-state index in [9.17, 15) is 14.7 Å². The van der Waals surface area contributed by atoms with Crippen molar-refractivity contribution in [3.63, 3.8) is 0 Å². The van der Waals surface area contributed by atoms with Crippen molar-refractivity contribution in [3.05, 3.63) is 114 Å². The second-order valence-corrected chi connectivity index (χ2v) is 7.96. The molecular weight excluding hydrogens is 430 g/mol. The summed E-state index contributed by atoms with van der Waals surface area (Å²) >= 11 is 0. The first-order valence-corrected chi connectivity index (χ1v) is 10.7. The van der Waals surface area contributed by atoms with E-state index < -0.39 is 17.7 Å². The molecule has 5 rings (SSSR count). The summed E-state index contributed by atoms with van der Waals surface area (Å²) in [6, 6.07) is 15.8. The average Bonchev–Trinajstić information content (AvgIpc) is 3.38. The van der Waals surface area contributed by atoms with Crippen molar-refractivity contribution >= 4 is 17.4 Å². The summed E-state index contributed by atoms with van der Waals surface area (Å²) in [6.45, 7) is 1.98. The fraction of sp³-hybridized carbons (Fsp3) is 0.115. The number of Topliss-reactive ketones (excluding diaryl/α,β-unsaturated/α-hetero) is 1. The fourth-order valence-corrected chi connectivity index (χ4v) is 4.24. The standard InChI is InChI=1S/C26H21N5O3/c1-17-21(15-29-31(17)20-7-3-2-4-8-20)24(32)22-23(19-9-12-27-13-10-19)30(26(34)25(22)33)16-18-6-5-11-28-14-18/h2-15,23,32H,16H2,1H3/t23-/m1/s1. The Kier molecular flexibility index (Phi) is 5.47. The third-order valence-electron chi connectivity index (χ3n) is 5.90. The number of carbonyl (C=O) groups excluding carboxylic acids is 2. The van der Waals surface area contributed by atoms with E-state index in [1.165, 1.54) is 11.1 Å². The summed E-state index contributed by atoms with van der Waals surface area (Å²) in [5.74, 6) is -1.68. The second kappa shape index (κ2) is 8.74. The van der Waals surface area contributed by atoms with Crippen LogP contribution in [0.2, 0.25) is 0 Å². The van der Waals surface area contributed by atoms with Gasteiger partial charge < -0.3 is 10.0 Å². The number of aliphatic hydroxyl groups excluding tert-OH is 1. The van der Waals surface area contributed by atoms with Gasteiger partial charge in [0.1, 0.15) is 5.76 Å². The molecule has 1 aliphatic rings. The number of rotatable bonds is 5. The van der Waals surface area contributed by atoms with Crippen molar-refractivity contribution in [1.29, 1.82) is 0 Å². The quantitative estimate of drug-likeness (QED) is 0.283. The minimum Gasteiger partial charge on any atom is -0.507 e. The zero-order valence-corrected chi connectivity index (χ0v) is 18.4. The van der Waals surface area contributed by atoms with Crippen LogP contribution in [0.3, 0.4) is 0 Å². The smallest absolute Gasteiger partial charge is 0.295 e. The Bertz CT molecular complexity index is 1380. The number of nitrogens with zero attached hydrogens (tertiary/aromatic N) is 5. The Morgan fingerprint density at radius 3 is 2.41 bits per heavy atom. The number of para-hydroxylation sites is 1. The Balaban J connectivity index is 1.64. The first kappa shape index (κ1) is 21.3.